The average molecular weight is 184 g/mol. The molecule has 0 N–H and O–H groups in total. The van der Waals surface area contributed by atoms with Crippen LogP contribution in [0.25, 0.3) is 0 Å². The van der Waals surface area contributed by atoms with Gasteiger partial charge >= 0.3 is 0 Å². The number of rotatable bonds is 6. The van der Waals surface area contributed by atoms with Gasteiger partial charge < -0.3 is 4.79 Å². The quantitative estimate of drug-likeness (QED) is 0.594. The molecule has 0 saturated heterocycles. The second-order valence-corrected chi connectivity index (χ2v) is 4.10. The van der Waals surface area contributed by atoms with E-state index in [4.69, 9.17) is 0 Å². The maximum atomic E-state index is 11.3. The van der Waals surface area contributed by atoms with E-state index < -0.39 is 0 Å². The number of Topliss-reactive ketones (excluding diaryl/α,β-unsaturated/α-hetero) is 1. The molecule has 0 aliphatic heterocycles. The first kappa shape index (κ1) is 12.3. The lowest BCUT2D eigenvalue weighted by atomic mass is 9.80. The molecule has 0 fully saturated rings. The van der Waals surface area contributed by atoms with Crippen molar-refractivity contribution in [1.29, 1.82) is 0 Å². The molecule has 2 atom stereocenters. The fourth-order valence-corrected chi connectivity index (χ4v) is 2.04. The van der Waals surface area contributed by atoms with E-state index in [-0.39, 0.29) is 11.7 Å². The van der Waals surface area contributed by atoms with Crippen LogP contribution in [-0.2, 0) is 9.59 Å². The lowest BCUT2D eigenvalue weighted by molar-refractivity contribution is -0.124. The number of carbonyl (C=O) groups is 2. The molecule has 0 aromatic carbocycles. The van der Waals surface area contributed by atoms with Gasteiger partial charge in [0.05, 0.1) is 0 Å². The third-order valence-electron chi connectivity index (χ3n) is 2.54. The largest absolute Gasteiger partial charge is 0.303 e. The highest BCUT2D eigenvalue weighted by atomic mass is 16.1. The topological polar surface area (TPSA) is 34.1 Å². The minimum absolute atomic E-state index is 0.111. The average Bonchev–Trinajstić information content (AvgIpc) is 1.99. The summed E-state index contributed by atoms with van der Waals surface area (Å²) < 4.78 is 0. The van der Waals surface area contributed by atoms with E-state index in [1.165, 1.54) is 0 Å². The molecule has 0 aromatic heterocycles. The first-order chi connectivity index (χ1) is 6.00. The Morgan fingerprint density at radius 2 is 1.85 bits per heavy atom. The Labute approximate surface area is 80.7 Å². The summed E-state index contributed by atoms with van der Waals surface area (Å²) in [5, 5.41) is 0. The Balaban J connectivity index is 4.19. The van der Waals surface area contributed by atoms with E-state index in [1.54, 1.807) is 6.92 Å². The van der Waals surface area contributed by atoms with Crippen molar-refractivity contribution in [1.82, 2.24) is 0 Å². The van der Waals surface area contributed by atoms with Crippen LogP contribution in [0, 0.1) is 17.8 Å². The molecule has 0 aliphatic carbocycles. The van der Waals surface area contributed by atoms with E-state index in [1.807, 2.05) is 0 Å². The van der Waals surface area contributed by atoms with Crippen molar-refractivity contribution in [3.8, 4) is 0 Å². The second-order valence-electron chi connectivity index (χ2n) is 4.10. The molecule has 0 heterocycles. The molecule has 0 amide bonds. The molecule has 0 aliphatic rings. The lowest BCUT2D eigenvalue weighted by Crippen LogP contribution is -2.25. The van der Waals surface area contributed by atoms with Crippen molar-refractivity contribution in [3.05, 3.63) is 0 Å². The van der Waals surface area contributed by atoms with Crippen LogP contribution in [0.15, 0.2) is 0 Å². The molecule has 0 rings (SSSR count). The fraction of sp³-hybridized carbons (Fsp3) is 0.818. The maximum absolute atomic E-state index is 11.3. The van der Waals surface area contributed by atoms with Crippen LogP contribution in [0.3, 0.4) is 0 Å². The zero-order valence-corrected chi connectivity index (χ0v) is 9.04. The van der Waals surface area contributed by atoms with Crippen molar-refractivity contribution in [2.24, 2.45) is 17.8 Å². The lowest BCUT2D eigenvalue weighted by Gasteiger charge is -2.24. The zero-order valence-electron chi connectivity index (χ0n) is 9.04. The van der Waals surface area contributed by atoms with Gasteiger partial charge in [0.25, 0.3) is 0 Å². The molecule has 2 unspecified atom stereocenters. The third kappa shape index (κ3) is 4.20. The van der Waals surface area contributed by atoms with E-state index in [0.717, 1.165) is 12.7 Å². The van der Waals surface area contributed by atoms with Crippen LogP contribution in [0.1, 0.15) is 40.5 Å². The molecule has 76 valence electrons. The minimum Gasteiger partial charge on any atom is -0.303 e. The summed E-state index contributed by atoms with van der Waals surface area (Å²) in [6, 6.07) is 0. The normalized spacial score (nSPS) is 15.5. The predicted octanol–water partition coefficient (Wildman–Crippen LogP) is 2.46. The third-order valence-corrected chi connectivity index (χ3v) is 2.54. The fourth-order valence-electron chi connectivity index (χ4n) is 2.04. The van der Waals surface area contributed by atoms with Gasteiger partial charge in [-0.2, -0.15) is 0 Å². The van der Waals surface area contributed by atoms with Crippen molar-refractivity contribution in [2.45, 2.75) is 40.5 Å². The monoisotopic (exact) mass is 184 g/mol. The Kier molecular flexibility index (Phi) is 5.60. The number of hydrogen-bond donors (Lipinski definition) is 0. The zero-order chi connectivity index (χ0) is 10.4. The highest BCUT2D eigenvalue weighted by Crippen LogP contribution is 2.25. The molecule has 0 spiro atoms. The molecule has 13 heavy (non-hydrogen) atoms. The molecule has 0 bridgehead atoms. The van der Waals surface area contributed by atoms with Gasteiger partial charge in [-0.25, -0.2) is 0 Å². The number of hydrogen-bond acceptors (Lipinski definition) is 2. The van der Waals surface area contributed by atoms with E-state index in [2.05, 4.69) is 20.8 Å². The van der Waals surface area contributed by atoms with Gasteiger partial charge in [0, 0.05) is 12.3 Å². The van der Waals surface area contributed by atoms with E-state index in [0.29, 0.717) is 18.3 Å². The van der Waals surface area contributed by atoms with Gasteiger partial charge in [0.2, 0.25) is 0 Å². The van der Waals surface area contributed by atoms with Crippen LogP contribution >= 0.6 is 0 Å². The summed E-state index contributed by atoms with van der Waals surface area (Å²) in [6.45, 7) is 7.81. The van der Waals surface area contributed by atoms with E-state index in [9.17, 15) is 9.59 Å². The summed E-state index contributed by atoms with van der Waals surface area (Å²) in [7, 11) is 0. The van der Waals surface area contributed by atoms with Gasteiger partial charge in [0.15, 0.2) is 0 Å². The molecule has 2 heteroatoms. The Hall–Kier alpha value is -0.660. The smallest absolute Gasteiger partial charge is 0.133 e. The molecule has 2 nitrogen and oxygen atoms in total. The Morgan fingerprint density at radius 3 is 2.15 bits per heavy atom. The summed E-state index contributed by atoms with van der Waals surface area (Å²) >= 11 is 0. The van der Waals surface area contributed by atoms with Gasteiger partial charge in [-0.05, 0) is 25.2 Å². The van der Waals surface area contributed by atoms with Crippen LogP contribution in [0.4, 0.5) is 0 Å². The van der Waals surface area contributed by atoms with Crippen LogP contribution < -0.4 is 0 Å². The first-order valence-corrected chi connectivity index (χ1v) is 4.94. The van der Waals surface area contributed by atoms with Gasteiger partial charge in [0.1, 0.15) is 12.1 Å². The summed E-state index contributed by atoms with van der Waals surface area (Å²) in [4.78, 5) is 21.5. The standard InChI is InChI=1S/C11H20O2/c1-8(2)11(10(4)13)9(3)6-5-7-12/h7-9,11H,5-6H2,1-4H3. The molecule has 0 saturated carbocycles. The number of carbonyl (C=O) groups excluding carboxylic acids is 2. The summed E-state index contributed by atoms with van der Waals surface area (Å²) in [5.41, 5.74) is 0. The van der Waals surface area contributed by atoms with Gasteiger partial charge in [-0.15, -0.1) is 0 Å². The summed E-state index contributed by atoms with van der Waals surface area (Å²) in [6.07, 6.45) is 2.32. The summed E-state index contributed by atoms with van der Waals surface area (Å²) in [5.74, 6) is 1.05. The van der Waals surface area contributed by atoms with Crippen molar-refractivity contribution >= 4 is 12.1 Å². The Bertz CT molecular complexity index is 173. The molecular formula is C11H20O2. The van der Waals surface area contributed by atoms with Crippen molar-refractivity contribution in [2.75, 3.05) is 0 Å². The predicted molar refractivity (Wildman–Crippen MR) is 53.5 cm³/mol. The Morgan fingerprint density at radius 1 is 1.31 bits per heavy atom. The minimum atomic E-state index is 0.111. The van der Waals surface area contributed by atoms with Crippen LogP contribution in [0.2, 0.25) is 0 Å². The molecule has 0 aromatic rings. The maximum Gasteiger partial charge on any atom is 0.133 e. The first-order valence-electron chi connectivity index (χ1n) is 4.94. The highest BCUT2D eigenvalue weighted by molar-refractivity contribution is 5.78. The second kappa shape index (κ2) is 5.90. The molecular weight excluding hydrogens is 164 g/mol. The van der Waals surface area contributed by atoms with Gasteiger partial charge in [-0.1, -0.05) is 20.8 Å². The molecule has 0 radical (unpaired) electrons. The van der Waals surface area contributed by atoms with Crippen molar-refractivity contribution < 1.29 is 9.59 Å². The number of aldehydes is 1. The van der Waals surface area contributed by atoms with Crippen molar-refractivity contribution in [3.63, 3.8) is 0 Å². The van der Waals surface area contributed by atoms with Gasteiger partial charge in [-0.3, -0.25) is 4.79 Å². The SMILES string of the molecule is CC(=O)C(C(C)C)C(C)CCC=O. The van der Waals surface area contributed by atoms with Crippen LogP contribution in [-0.4, -0.2) is 12.1 Å². The van der Waals surface area contributed by atoms with Crippen LogP contribution in [0.5, 0.6) is 0 Å². The highest BCUT2D eigenvalue weighted by Gasteiger charge is 2.24. The number of ketones is 1. The van der Waals surface area contributed by atoms with E-state index >= 15 is 0 Å².